The van der Waals surface area contributed by atoms with Crippen LogP contribution >= 0.6 is 11.6 Å². The van der Waals surface area contributed by atoms with Crippen molar-refractivity contribution in [2.75, 3.05) is 0 Å². The van der Waals surface area contributed by atoms with Crippen molar-refractivity contribution in [3.63, 3.8) is 0 Å². The van der Waals surface area contributed by atoms with E-state index in [1.807, 2.05) is 0 Å². The van der Waals surface area contributed by atoms with Crippen LogP contribution in [0.25, 0.3) is 10.8 Å². The van der Waals surface area contributed by atoms with Crippen molar-refractivity contribution in [3.8, 4) is 0 Å². The van der Waals surface area contributed by atoms with E-state index in [4.69, 9.17) is 11.6 Å². The summed E-state index contributed by atoms with van der Waals surface area (Å²) in [4.78, 5) is 0. The van der Waals surface area contributed by atoms with Gasteiger partial charge in [-0.1, -0.05) is 35.9 Å². The molecule has 2 aromatic rings. The number of alkyl halides is 2. The van der Waals surface area contributed by atoms with E-state index in [0.29, 0.717) is 10.8 Å². The Kier molecular flexibility index (Phi) is 2.29. The van der Waals surface area contributed by atoms with Crippen molar-refractivity contribution in [1.29, 1.82) is 0 Å². The molecule has 0 radical (unpaired) electrons. The van der Waals surface area contributed by atoms with Gasteiger partial charge in [-0.15, -0.1) is 10.2 Å². The zero-order valence-corrected chi connectivity index (χ0v) is 7.67. The van der Waals surface area contributed by atoms with Crippen molar-refractivity contribution in [1.82, 2.24) is 10.2 Å². The summed E-state index contributed by atoms with van der Waals surface area (Å²) in [7, 11) is 0. The van der Waals surface area contributed by atoms with Crippen molar-refractivity contribution >= 4 is 22.4 Å². The summed E-state index contributed by atoms with van der Waals surface area (Å²) in [5.41, 5.74) is -0.329. The second kappa shape index (κ2) is 3.46. The van der Waals surface area contributed by atoms with Gasteiger partial charge in [0.05, 0.1) is 0 Å². The van der Waals surface area contributed by atoms with Crippen molar-refractivity contribution in [2.24, 2.45) is 0 Å². The first-order valence-corrected chi connectivity index (χ1v) is 4.27. The van der Waals surface area contributed by atoms with Gasteiger partial charge < -0.3 is 0 Å². The number of fused-ring (bicyclic) bond motifs is 1. The second-order valence-electron chi connectivity index (χ2n) is 2.72. The van der Waals surface area contributed by atoms with Gasteiger partial charge in [-0.05, 0) is 0 Å². The monoisotopic (exact) mass is 214 g/mol. The Labute approximate surface area is 83.5 Å². The van der Waals surface area contributed by atoms with Crippen LogP contribution in [0.15, 0.2) is 24.3 Å². The lowest BCUT2D eigenvalue weighted by atomic mass is 10.1. The van der Waals surface area contributed by atoms with Crippen LogP contribution in [-0.4, -0.2) is 10.2 Å². The Morgan fingerprint density at radius 1 is 1.07 bits per heavy atom. The number of aromatic nitrogens is 2. The molecule has 1 heterocycles. The summed E-state index contributed by atoms with van der Waals surface area (Å²) in [5.74, 6) is 0. The van der Waals surface area contributed by atoms with E-state index in [0.717, 1.165) is 0 Å². The van der Waals surface area contributed by atoms with Crippen LogP contribution in [0, 0.1) is 0 Å². The normalized spacial score (nSPS) is 11.1. The molecule has 0 fully saturated rings. The molecule has 72 valence electrons. The maximum Gasteiger partial charge on any atom is 0.282 e. The minimum Gasteiger partial charge on any atom is -0.203 e. The molecular formula is C9H5ClF2N2. The minimum absolute atomic E-state index is 0.144. The number of halogens is 3. The lowest BCUT2D eigenvalue weighted by Gasteiger charge is -2.03. The molecule has 0 spiro atoms. The molecule has 1 aromatic carbocycles. The van der Waals surface area contributed by atoms with E-state index in [1.54, 1.807) is 24.3 Å². The highest BCUT2D eigenvalue weighted by molar-refractivity contribution is 6.34. The van der Waals surface area contributed by atoms with Gasteiger partial charge >= 0.3 is 0 Å². The largest absolute Gasteiger partial charge is 0.282 e. The van der Waals surface area contributed by atoms with Crippen LogP contribution < -0.4 is 0 Å². The zero-order chi connectivity index (χ0) is 10.1. The first kappa shape index (κ1) is 9.27. The van der Waals surface area contributed by atoms with Gasteiger partial charge in [0, 0.05) is 10.8 Å². The average molecular weight is 215 g/mol. The minimum atomic E-state index is -2.63. The maximum absolute atomic E-state index is 12.5. The Morgan fingerprint density at radius 3 is 2.36 bits per heavy atom. The molecule has 0 unspecified atom stereocenters. The first-order valence-electron chi connectivity index (χ1n) is 3.89. The van der Waals surface area contributed by atoms with E-state index in [9.17, 15) is 8.78 Å². The van der Waals surface area contributed by atoms with Crippen molar-refractivity contribution in [2.45, 2.75) is 6.43 Å². The van der Waals surface area contributed by atoms with E-state index >= 15 is 0 Å². The van der Waals surface area contributed by atoms with Gasteiger partial charge in [-0.3, -0.25) is 0 Å². The molecular weight excluding hydrogens is 210 g/mol. The van der Waals surface area contributed by atoms with Crippen LogP contribution in [0.1, 0.15) is 12.1 Å². The lowest BCUT2D eigenvalue weighted by Crippen LogP contribution is -1.95. The van der Waals surface area contributed by atoms with Gasteiger partial charge in [0.15, 0.2) is 5.15 Å². The third-order valence-corrected chi connectivity index (χ3v) is 2.16. The van der Waals surface area contributed by atoms with Crippen LogP contribution in [0.3, 0.4) is 0 Å². The predicted molar refractivity (Wildman–Crippen MR) is 49.5 cm³/mol. The number of benzene rings is 1. The summed E-state index contributed by atoms with van der Waals surface area (Å²) in [5, 5.41) is 7.83. The topological polar surface area (TPSA) is 25.8 Å². The third-order valence-electron chi connectivity index (χ3n) is 1.88. The SMILES string of the molecule is FC(F)c1nnc(Cl)c2ccccc12. The number of rotatable bonds is 1. The molecule has 0 aliphatic heterocycles. The van der Waals surface area contributed by atoms with E-state index in [2.05, 4.69) is 10.2 Å². The molecule has 0 bridgehead atoms. The lowest BCUT2D eigenvalue weighted by molar-refractivity contribution is 0.147. The van der Waals surface area contributed by atoms with Gasteiger partial charge in [0.25, 0.3) is 6.43 Å². The fourth-order valence-electron chi connectivity index (χ4n) is 1.25. The van der Waals surface area contributed by atoms with Gasteiger partial charge in [0.1, 0.15) is 5.69 Å². The van der Waals surface area contributed by atoms with Crippen molar-refractivity contribution in [3.05, 3.63) is 35.1 Å². The highest BCUT2D eigenvalue weighted by Gasteiger charge is 2.15. The fraction of sp³-hybridized carbons (Fsp3) is 0.111. The quantitative estimate of drug-likeness (QED) is 0.729. The second-order valence-corrected chi connectivity index (χ2v) is 3.08. The summed E-state index contributed by atoms with van der Waals surface area (Å²) in [6.07, 6.45) is -2.63. The number of nitrogens with zero attached hydrogens (tertiary/aromatic N) is 2. The molecule has 14 heavy (non-hydrogen) atoms. The third kappa shape index (κ3) is 1.42. The molecule has 0 aliphatic rings. The summed E-state index contributed by atoms with van der Waals surface area (Å²) >= 11 is 5.72. The highest BCUT2D eigenvalue weighted by atomic mass is 35.5. The first-order chi connectivity index (χ1) is 6.70. The van der Waals surface area contributed by atoms with Gasteiger partial charge in [0.2, 0.25) is 0 Å². The number of hydrogen-bond donors (Lipinski definition) is 0. The number of hydrogen-bond acceptors (Lipinski definition) is 2. The van der Waals surface area contributed by atoms with Crippen LogP contribution in [-0.2, 0) is 0 Å². The Morgan fingerprint density at radius 2 is 1.71 bits per heavy atom. The Hall–Kier alpha value is -1.29. The molecule has 0 saturated carbocycles. The summed E-state index contributed by atoms with van der Waals surface area (Å²) < 4.78 is 25.0. The van der Waals surface area contributed by atoms with Crippen LogP contribution in [0.4, 0.5) is 8.78 Å². The van der Waals surface area contributed by atoms with Crippen molar-refractivity contribution < 1.29 is 8.78 Å². The van der Waals surface area contributed by atoms with E-state index in [-0.39, 0.29) is 10.8 Å². The molecule has 0 atom stereocenters. The molecule has 1 aromatic heterocycles. The Balaban J connectivity index is 2.82. The summed E-state index contributed by atoms with van der Waals surface area (Å²) in [6, 6.07) is 6.56. The smallest absolute Gasteiger partial charge is 0.203 e. The molecule has 2 nitrogen and oxygen atoms in total. The molecule has 2 rings (SSSR count). The average Bonchev–Trinajstić information content (AvgIpc) is 2.18. The molecule has 0 aliphatic carbocycles. The molecule has 0 N–H and O–H groups in total. The molecule has 0 saturated heterocycles. The summed E-state index contributed by atoms with van der Waals surface area (Å²) in [6.45, 7) is 0. The highest BCUT2D eigenvalue weighted by Crippen LogP contribution is 2.28. The van der Waals surface area contributed by atoms with Crippen LogP contribution in [0.5, 0.6) is 0 Å². The zero-order valence-electron chi connectivity index (χ0n) is 6.92. The maximum atomic E-state index is 12.5. The standard InChI is InChI=1S/C9H5ClF2N2/c10-8-6-4-2-1-3-5(6)7(9(11)12)13-14-8/h1-4,9H. The molecule has 5 heteroatoms. The van der Waals surface area contributed by atoms with Crippen LogP contribution in [0.2, 0.25) is 5.15 Å². The Bertz CT molecular complexity index is 473. The van der Waals surface area contributed by atoms with Gasteiger partial charge in [-0.25, -0.2) is 8.78 Å². The van der Waals surface area contributed by atoms with Gasteiger partial charge in [-0.2, -0.15) is 0 Å². The van der Waals surface area contributed by atoms with E-state index in [1.165, 1.54) is 0 Å². The molecule has 0 amide bonds. The van der Waals surface area contributed by atoms with E-state index < -0.39 is 6.43 Å². The predicted octanol–water partition coefficient (Wildman–Crippen LogP) is 3.22. The fourth-order valence-corrected chi connectivity index (χ4v) is 1.46.